The molecular formula is C15H17N4O. The Morgan fingerprint density at radius 2 is 2.10 bits per heavy atom. The molecule has 0 aliphatic carbocycles. The van der Waals surface area contributed by atoms with Crippen LogP contribution in [0, 0.1) is 6.20 Å². The summed E-state index contributed by atoms with van der Waals surface area (Å²) < 4.78 is 1.77. The summed E-state index contributed by atoms with van der Waals surface area (Å²) in [6.07, 6.45) is 5.43. The van der Waals surface area contributed by atoms with Crippen LogP contribution < -0.4 is 5.73 Å². The van der Waals surface area contributed by atoms with Gasteiger partial charge in [0, 0.05) is 32.4 Å². The second kappa shape index (κ2) is 5.46. The number of nitrogens with zero attached hydrogens (tertiary/aromatic N) is 3. The molecule has 1 aromatic heterocycles. The summed E-state index contributed by atoms with van der Waals surface area (Å²) >= 11 is 0. The summed E-state index contributed by atoms with van der Waals surface area (Å²) in [5, 5.41) is 0. The molecule has 5 nitrogen and oxygen atoms in total. The SMILES string of the molecule is NC(=O)c1n[c]cn1CCN1CCc2ccccc2C1. The van der Waals surface area contributed by atoms with E-state index in [9.17, 15) is 4.79 Å². The van der Waals surface area contributed by atoms with Gasteiger partial charge in [-0.3, -0.25) is 9.69 Å². The summed E-state index contributed by atoms with van der Waals surface area (Å²) in [4.78, 5) is 17.4. The fourth-order valence-electron chi connectivity index (χ4n) is 2.65. The Balaban J connectivity index is 1.63. The summed E-state index contributed by atoms with van der Waals surface area (Å²) in [6, 6.07) is 8.55. The quantitative estimate of drug-likeness (QED) is 0.894. The molecule has 3 rings (SSSR count). The third kappa shape index (κ3) is 2.58. The molecule has 5 heteroatoms. The first-order chi connectivity index (χ1) is 9.74. The molecule has 103 valence electrons. The van der Waals surface area contributed by atoms with Crippen molar-refractivity contribution >= 4 is 5.91 Å². The van der Waals surface area contributed by atoms with E-state index in [-0.39, 0.29) is 5.82 Å². The van der Waals surface area contributed by atoms with Crippen molar-refractivity contribution in [2.75, 3.05) is 13.1 Å². The minimum absolute atomic E-state index is 0.280. The Labute approximate surface area is 118 Å². The van der Waals surface area contributed by atoms with Gasteiger partial charge in [0.25, 0.3) is 5.91 Å². The molecule has 0 saturated carbocycles. The van der Waals surface area contributed by atoms with Crippen molar-refractivity contribution in [2.45, 2.75) is 19.5 Å². The van der Waals surface area contributed by atoms with Crippen LogP contribution in [-0.4, -0.2) is 33.4 Å². The van der Waals surface area contributed by atoms with Gasteiger partial charge in [0.1, 0.15) is 6.20 Å². The standard InChI is InChI=1S/C15H17N4O/c16-14(20)15-17-6-8-19(15)10-9-18-7-5-12-3-1-2-4-13(12)11-18/h1-4,8H,5,7,9-11H2,(H2,16,20). The fraction of sp³-hybridized carbons (Fsp3) is 0.333. The molecule has 1 aromatic carbocycles. The van der Waals surface area contributed by atoms with Crippen LogP contribution >= 0.6 is 0 Å². The fourth-order valence-corrected chi connectivity index (χ4v) is 2.65. The third-order valence-electron chi connectivity index (χ3n) is 3.74. The number of hydrogen-bond acceptors (Lipinski definition) is 3. The number of primary amides is 1. The molecule has 2 aromatic rings. The van der Waals surface area contributed by atoms with Crippen molar-refractivity contribution in [3.63, 3.8) is 0 Å². The number of carbonyl (C=O) groups excluding carboxylic acids is 1. The van der Waals surface area contributed by atoms with E-state index in [4.69, 9.17) is 5.73 Å². The highest BCUT2D eigenvalue weighted by molar-refractivity contribution is 5.89. The topological polar surface area (TPSA) is 64.2 Å². The molecule has 0 saturated heterocycles. The largest absolute Gasteiger partial charge is 0.363 e. The van der Waals surface area contributed by atoms with Gasteiger partial charge in [-0.15, -0.1) is 0 Å². The Bertz CT molecular complexity index is 620. The van der Waals surface area contributed by atoms with Crippen molar-refractivity contribution in [2.24, 2.45) is 5.73 Å². The molecule has 20 heavy (non-hydrogen) atoms. The van der Waals surface area contributed by atoms with Gasteiger partial charge >= 0.3 is 0 Å². The Morgan fingerprint density at radius 3 is 2.90 bits per heavy atom. The van der Waals surface area contributed by atoms with Crippen LogP contribution in [-0.2, 0) is 19.5 Å². The van der Waals surface area contributed by atoms with Gasteiger partial charge in [-0.05, 0) is 17.5 Å². The van der Waals surface area contributed by atoms with E-state index in [2.05, 4.69) is 40.3 Å². The zero-order chi connectivity index (χ0) is 13.9. The lowest BCUT2D eigenvalue weighted by molar-refractivity contribution is 0.0985. The summed E-state index contributed by atoms with van der Waals surface area (Å²) in [5.74, 6) is -0.224. The monoisotopic (exact) mass is 269 g/mol. The number of nitrogens with two attached hydrogens (primary N) is 1. The van der Waals surface area contributed by atoms with Crippen molar-refractivity contribution in [1.82, 2.24) is 14.5 Å². The van der Waals surface area contributed by atoms with E-state index in [1.165, 1.54) is 11.1 Å². The smallest absolute Gasteiger partial charge is 0.284 e. The molecule has 1 aliphatic rings. The second-order valence-electron chi connectivity index (χ2n) is 5.05. The predicted molar refractivity (Wildman–Crippen MR) is 75.0 cm³/mol. The molecule has 0 bridgehead atoms. The number of rotatable bonds is 4. The van der Waals surface area contributed by atoms with Crippen LogP contribution in [0.1, 0.15) is 21.7 Å². The van der Waals surface area contributed by atoms with Crippen LogP contribution in [0.3, 0.4) is 0 Å². The first-order valence-electron chi connectivity index (χ1n) is 6.76. The number of imidazole rings is 1. The van der Waals surface area contributed by atoms with Crippen LogP contribution in [0.25, 0.3) is 0 Å². The average molecular weight is 269 g/mol. The number of hydrogen-bond donors (Lipinski definition) is 1. The van der Waals surface area contributed by atoms with Crippen LogP contribution in [0.5, 0.6) is 0 Å². The molecule has 0 spiro atoms. The van der Waals surface area contributed by atoms with Crippen molar-refractivity contribution in [3.8, 4) is 0 Å². The van der Waals surface area contributed by atoms with E-state index in [1.54, 1.807) is 10.8 Å². The second-order valence-corrected chi connectivity index (χ2v) is 5.05. The maximum absolute atomic E-state index is 11.2. The predicted octanol–water partition coefficient (Wildman–Crippen LogP) is 0.840. The molecule has 0 atom stereocenters. The first kappa shape index (κ1) is 12.9. The highest BCUT2D eigenvalue weighted by Gasteiger charge is 2.16. The van der Waals surface area contributed by atoms with E-state index < -0.39 is 5.91 Å². The summed E-state index contributed by atoms with van der Waals surface area (Å²) in [6.45, 7) is 3.58. The highest BCUT2D eigenvalue weighted by atomic mass is 16.1. The maximum Gasteiger partial charge on any atom is 0.284 e. The molecule has 2 heterocycles. The van der Waals surface area contributed by atoms with Crippen LogP contribution in [0.4, 0.5) is 0 Å². The molecule has 0 unspecified atom stereocenters. The average Bonchev–Trinajstić information content (AvgIpc) is 2.93. The lowest BCUT2D eigenvalue weighted by Crippen LogP contribution is -2.33. The number of benzene rings is 1. The molecule has 0 fully saturated rings. The van der Waals surface area contributed by atoms with Crippen molar-refractivity contribution in [3.05, 3.63) is 53.6 Å². The van der Waals surface area contributed by atoms with E-state index in [0.717, 1.165) is 26.1 Å². The zero-order valence-electron chi connectivity index (χ0n) is 11.2. The first-order valence-corrected chi connectivity index (χ1v) is 6.76. The van der Waals surface area contributed by atoms with Crippen molar-refractivity contribution < 1.29 is 4.79 Å². The van der Waals surface area contributed by atoms with Gasteiger partial charge in [0.15, 0.2) is 5.82 Å². The minimum atomic E-state index is -0.504. The van der Waals surface area contributed by atoms with E-state index >= 15 is 0 Å². The minimum Gasteiger partial charge on any atom is -0.363 e. The number of aromatic nitrogens is 2. The number of amides is 1. The molecule has 1 amide bonds. The number of fused-ring (bicyclic) bond motifs is 1. The van der Waals surface area contributed by atoms with E-state index in [0.29, 0.717) is 6.54 Å². The van der Waals surface area contributed by atoms with Gasteiger partial charge in [-0.2, -0.15) is 0 Å². The molecule has 1 aliphatic heterocycles. The molecule has 2 N–H and O–H groups in total. The third-order valence-corrected chi connectivity index (χ3v) is 3.74. The van der Waals surface area contributed by atoms with Gasteiger partial charge in [-0.1, -0.05) is 24.3 Å². The molecule has 1 radical (unpaired) electrons. The normalized spacial score (nSPS) is 15.0. The summed E-state index contributed by atoms with van der Waals surface area (Å²) in [7, 11) is 0. The Kier molecular flexibility index (Phi) is 3.52. The summed E-state index contributed by atoms with van der Waals surface area (Å²) in [5.41, 5.74) is 8.11. The number of carbonyl (C=O) groups is 1. The molecular weight excluding hydrogens is 252 g/mol. The highest BCUT2D eigenvalue weighted by Crippen LogP contribution is 2.18. The van der Waals surface area contributed by atoms with Crippen LogP contribution in [0.2, 0.25) is 0 Å². The van der Waals surface area contributed by atoms with Gasteiger partial charge in [0.05, 0.1) is 0 Å². The van der Waals surface area contributed by atoms with Gasteiger partial charge in [-0.25, -0.2) is 4.98 Å². The van der Waals surface area contributed by atoms with Gasteiger partial charge in [0.2, 0.25) is 0 Å². The lowest BCUT2D eigenvalue weighted by Gasteiger charge is -2.28. The van der Waals surface area contributed by atoms with Crippen molar-refractivity contribution in [1.29, 1.82) is 0 Å². The maximum atomic E-state index is 11.2. The lowest BCUT2D eigenvalue weighted by atomic mass is 10.00. The van der Waals surface area contributed by atoms with Crippen LogP contribution in [0.15, 0.2) is 30.5 Å². The zero-order valence-corrected chi connectivity index (χ0v) is 11.2. The van der Waals surface area contributed by atoms with Gasteiger partial charge < -0.3 is 10.3 Å². The van der Waals surface area contributed by atoms with E-state index in [1.807, 2.05) is 0 Å². The Morgan fingerprint density at radius 1 is 1.30 bits per heavy atom. The Hall–Kier alpha value is -2.14.